The number of aryl methyl sites for hydroxylation is 1. The van der Waals surface area contributed by atoms with Crippen LogP contribution in [0.1, 0.15) is 18.1 Å². The van der Waals surface area contributed by atoms with Crippen LogP contribution in [0.5, 0.6) is 11.8 Å². The van der Waals surface area contributed by atoms with E-state index in [1.165, 1.54) is 0 Å². The molecular weight excluding hydrogens is 262 g/mol. The van der Waals surface area contributed by atoms with Crippen molar-refractivity contribution in [2.75, 3.05) is 6.54 Å². The summed E-state index contributed by atoms with van der Waals surface area (Å²) in [6.45, 7) is 5.70. The molecule has 0 aliphatic rings. The maximum atomic E-state index is 6.06. The van der Waals surface area contributed by atoms with Gasteiger partial charge in [0.2, 0.25) is 0 Å². The Kier molecular flexibility index (Phi) is 4.71. The monoisotopic (exact) mass is 277 g/mol. The summed E-state index contributed by atoms with van der Waals surface area (Å²) >= 11 is 6.06. The molecule has 4 nitrogen and oxygen atoms in total. The zero-order valence-corrected chi connectivity index (χ0v) is 11.7. The molecule has 0 saturated heterocycles. The first-order valence-electron chi connectivity index (χ1n) is 6.14. The van der Waals surface area contributed by atoms with Gasteiger partial charge in [-0.3, -0.25) is 0 Å². The van der Waals surface area contributed by atoms with Crippen LogP contribution < -0.4 is 10.1 Å². The van der Waals surface area contributed by atoms with Gasteiger partial charge in [-0.25, -0.2) is 9.97 Å². The number of ether oxygens (including phenoxy) is 1. The molecule has 100 valence electrons. The number of halogens is 1. The van der Waals surface area contributed by atoms with Gasteiger partial charge in [0.1, 0.15) is 5.75 Å². The summed E-state index contributed by atoms with van der Waals surface area (Å²) in [6, 6.07) is 5.88. The second-order valence-corrected chi connectivity index (χ2v) is 4.60. The van der Waals surface area contributed by atoms with E-state index in [-0.39, 0.29) is 0 Å². The van der Waals surface area contributed by atoms with E-state index < -0.39 is 0 Å². The van der Waals surface area contributed by atoms with Crippen molar-refractivity contribution in [3.63, 3.8) is 0 Å². The van der Waals surface area contributed by atoms with Crippen LogP contribution in [0.4, 0.5) is 0 Å². The zero-order chi connectivity index (χ0) is 13.7. The molecule has 0 radical (unpaired) electrons. The van der Waals surface area contributed by atoms with Crippen LogP contribution in [-0.2, 0) is 6.54 Å². The zero-order valence-electron chi connectivity index (χ0n) is 11.0. The number of nitrogens with zero attached hydrogens (tertiary/aromatic N) is 2. The van der Waals surface area contributed by atoms with Gasteiger partial charge in [0.25, 0.3) is 0 Å². The lowest BCUT2D eigenvalue weighted by atomic mass is 10.2. The highest BCUT2D eigenvalue weighted by Gasteiger charge is 2.05. The Morgan fingerprint density at radius 2 is 2.00 bits per heavy atom. The number of aromatic nitrogens is 2. The van der Waals surface area contributed by atoms with Crippen molar-refractivity contribution in [2.24, 2.45) is 0 Å². The number of nitrogens with one attached hydrogen (secondary N) is 1. The quantitative estimate of drug-likeness (QED) is 0.910. The first kappa shape index (κ1) is 13.8. The summed E-state index contributed by atoms with van der Waals surface area (Å²) < 4.78 is 5.57. The van der Waals surface area contributed by atoms with Crippen LogP contribution in [0.15, 0.2) is 30.6 Å². The van der Waals surface area contributed by atoms with Crippen molar-refractivity contribution >= 4 is 11.6 Å². The van der Waals surface area contributed by atoms with Gasteiger partial charge in [0.15, 0.2) is 0 Å². The molecule has 0 unspecified atom stereocenters. The van der Waals surface area contributed by atoms with Crippen LogP contribution in [0, 0.1) is 6.92 Å². The van der Waals surface area contributed by atoms with Gasteiger partial charge in [-0.2, -0.15) is 0 Å². The minimum atomic E-state index is 0.299. The Labute approximate surface area is 117 Å². The highest BCUT2D eigenvalue weighted by Crippen LogP contribution is 2.28. The second-order valence-electron chi connectivity index (χ2n) is 4.19. The fraction of sp³-hybridized carbons (Fsp3) is 0.286. The third-order valence-corrected chi connectivity index (χ3v) is 2.86. The molecule has 0 bridgehead atoms. The summed E-state index contributed by atoms with van der Waals surface area (Å²) in [4.78, 5) is 8.33. The Balaban J connectivity index is 2.08. The van der Waals surface area contributed by atoms with Gasteiger partial charge in [0, 0.05) is 24.5 Å². The third-order valence-electron chi connectivity index (χ3n) is 2.55. The third kappa shape index (κ3) is 3.91. The molecule has 1 N–H and O–H groups in total. The number of hydrogen-bond donors (Lipinski definition) is 1. The topological polar surface area (TPSA) is 47.0 Å². The van der Waals surface area contributed by atoms with E-state index in [0.29, 0.717) is 16.8 Å². The van der Waals surface area contributed by atoms with Crippen LogP contribution in [0.2, 0.25) is 5.02 Å². The summed E-state index contributed by atoms with van der Waals surface area (Å²) in [5.41, 5.74) is 2.09. The first-order valence-corrected chi connectivity index (χ1v) is 6.52. The van der Waals surface area contributed by atoms with Crippen molar-refractivity contribution < 1.29 is 4.74 Å². The molecule has 1 aromatic carbocycles. The van der Waals surface area contributed by atoms with Gasteiger partial charge in [-0.1, -0.05) is 24.6 Å². The molecule has 0 amide bonds. The SMILES string of the molecule is CCNCc1cnc(Oc2cc(C)ccc2Cl)nc1. The van der Waals surface area contributed by atoms with Gasteiger partial charge >= 0.3 is 6.01 Å². The van der Waals surface area contributed by atoms with E-state index >= 15 is 0 Å². The average molecular weight is 278 g/mol. The van der Waals surface area contributed by atoms with E-state index in [0.717, 1.165) is 24.2 Å². The van der Waals surface area contributed by atoms with Crippen LogP contribution >= 0.6 is 11.6 Å². The first-order chi connectivity index (χ1) is 9.19. The molecular formula is C14H16ClN3O. The number of hydrogen-bond acceptors (Lipinski definition) is 4. The molecule has 0 fully saturated rings. The molecule has 2 rings (SSSR count). The summed E-state index contributed by atoms with van der Waals surface area (Å²) in [5, 5.41) is 3.76. The molecule has 0 aliphatic carbocycles. The summed E-state index contributed by atoms with van der Waals surface area (Å²) in [7, 11) is 0. The minimum Gasteiger partial charge on any atom is -0.423 e. The molecule has 2 aromatic rings. The number of rotatable bonds is 5. The minimum absolute atomic E-state index is 0.299. The van der Waals surface area contributed by atoms with Crippen molar-refractivity contribution in [3.05, 3.63) is 46.7 Å². The van der Waals surface area contributed by atoms with E-state index in [1.54, 1.807) is 18.5 Å². The molecule has 0 aliphatic heterocycles. The molecule has 0 saturated carbocycles. The highest BCUT2D eigenvalue weighted by molar-refractivity contribution is 6.32. The standard InChI is InChI=1S/C14H16ClN3O/c1-3-16-7-11-8-17-14(18-9-11)19-13-6-10(2)4-5-12(13)15/h4-6,8-9,16H,3,7H2,1-2H3. The Morgan fingerprint density at radius 1 is 1.26 bits per heavy atom. The van der Waals surface area contributed by atoms with Crippen molar-refractivity contribution in [3.8, 4) is 11.8 Å². The maximum Gasteiger partial charge on any atom is 0.321 e. The Morgan fingerprint density at radius 3 is 2.68 bits per heavy atom. The van der Waals surface area contributed by atoms with Crippen molar-refractivity contribution in [1.82, 2.24) is 15.3 Å². The maximum absolute atomic E-state index is 6.06. The van der Waals surface area contributed by atoms with Gasteiger partial charge in [0.05, 0.1) is 5.02 Å². The fourth-order valence-corrected chi connectivity index (χ4v) is 1.70. The second kappa shape index (κ2) is 6.50. The predicted molar refractivity (Wildman–Crippen MR) is 75.7 cm³/mol. The van der Waals surface area contributed by atoms with E-state index in [4.69, 9.17) is 16.3 Å². The number of benzene rings is 1. The molecule has 1 aromatic heterocycles. The lowest BCUT2D eigenvalue weighted by Crippen LogP contribution is -2.12. The van der Waals surface area contributed by atoms with E-state index in [9.17, 15) is 0 Å². The smallest absolute Gasteiger partial charge is 0.321 e. The lowest BCUT2D eigenvalue weighted by Gasteiger charge is -2.07. The Bertz CT molecular complexity index is 543. The normalized spacial score (nSPS) is 10.5. The highest BCUT2D eigenvalue weighted by atomic mass is 35.5. The van der Waals surface area contributed by atoms with Crippen LogP contribution in [0.3, 0.4) is 0 Å². The molecule has 19 heavy (non-hydrogen) atoms. The molecule has 5 heteroatoms. The van der Waals surface area contributed by atoms with Crippen LogP contribution in [-0.4, -0.2) is 16.5 Å². The predicted octanol–water partition coefficient (Wildman–Crippen LogP) is 3.34. The van der Waals surface area contributed by atoms with Crippen molar-refractivity contribution in [2.45, 2.75) is 20.4 Å². The van der Waals surface area contributed by atoms with Gasteiger partial charge < -0.3 is 10.1 Å². The summed E-state index contributed by atoms with van der Waals surface area (Å²) in [5.74, 6) is 0.570. The van der Waals surface area contributed by atoms with Crippen LogP contribution in [0.25, 0.3) is 0 Å². The molecule has 0 spiro atoms. The summed E-state index contributed by atoms with van der Waals surface area (Å²) in [6.07, 6.45) is 3.49. The molecule has 0 atom stereocenters. The van der Waals surface area contributed by atoms with E-state index in [2.05, 4.69) is 22.2 Å². The van der Waals surface area contributed by atoms with E-state index in [1.807, 2.05) is 19.1 Å². The molecule has 1 heterocycles. The van der Waals surface area contributed by atoms with Crippen molar-refractivity contribution in [1.29, 1.82) is 0 Å². The van der Waals surface area contributed by atoms with Gasteiger partial charge in [-0.15, -0.1) is 0 Å². The fourth-order valence-electron chi connectivity index (χ4n) is 1.54. The average Bonchev–Trinajstić information content (AvgIpc) is 2.42. The largest absolute Gasteiger partial charge is 0.423 e. The lowest BCUT2D eigenvalue weighted by molar-refractivity contribution is 0.440. The van der Waals surface area contributed by atoms with Gasteiger partial charge in [-0.05, 0) is 31.2 Å². The Hall–Kier alpha value is -1.65.